The van der Waals surface area contributed by atoms with Gasteiger partial charge in [0, 0.05) is 18.1 Å². The number of rotatable bonds is 4. The van der Waals surface area contributed by atoms with E-state index in [-0.39, 0.29) is 0 Å². The minimum Gasteiger partial charge on any atom is -0.496 e. The number of benzene rings is 1. The van der Waals surface area contributed by atoms with Crippen LogP contribution < -0.4 is 4.74 Å². The molecule has 0 atom stereocenters. The van der Waals surface area contributed by atoms with E-state index in [2.05, 4.69) is 29.5 Å². The second-order valence-electron chi connectivity index (χ2n) is 3.48. The first-order valence-electron chi connectivity index (χ1n) is 5.09. The Morgan fingerprint density at radius 3 is 3.00 bits per heavy atom. The summed E-state index contributed by atoms with van der Waals surface area (Å²) in [6.45, 7) is 4.71. The minimum atomic E-state index is 0.935. The highest BCUT2D eigenvalue weighted by molar-refractivity contribution is 5.86. The van der Waals surface area contributed by atoms with Crippen LogP contribution in [-0.2, 0) is 6.54 Å². The van der Waals surface area contributed by atoms with Crippen molar-refractivity contribution in [2.45, 2.75) is 13.0 Å². The Balaban J connectivity index is 2.46. The minimum absolute atomic E-state index is 0.935. The molecule has 1 heterocycles. The summed E-state index contributed by atoms with van der Waals surface area (Å²) in [5, 5.41) is 1.17. The van der Waals surface area contributed by atoms with Gasteiger partial charge in [-0.05, 0) is 24.6 Å². The van der Waals surface area contributed by atoms with Gasteiger partial charge in [-0.15, -0.1) is 6.58 Å². The number of fused-ring (bicyclic) bond motifs is 1. The number of aryl methyl sites for hydroxylation is 1. The van der Waals surface area contributed by atoms with Crippen LogP contribution in [0.15, 0.2) is 43.1 Å². The normalized spacial score (nSPS) is 10.5. The average Bonchev–Trinajstić information content (AvgIpc) is 2.69. The summed E-state index contributed by atoms with van der Waals surface area (Å²) in [5.74, 6) is 0.935. The molecule has 1 aromatic carbocycles. The lowest BCUT2D eigenvalue weighted by molar-refractivity contribution is 0.420. The molecule has 0 fully saturated rings. The molecule has 2 aromatic rings. The molecule has 2 heteroatoms. The Morgan fingerprint density at radius 1 is 1.40 bits per heavy atom. The Morgan fingerprint density at radius 2 is 2.27 bits per heavy atom. The monoisotopic (exact) mass is 201 g/mol. The topological polar surface area (TPSA) is 14.2 Å². The highest BCUT2D eigenvalue weighted by Gasteiger charge is 2.04. The first-order chi connectivity index (χ1) is 7.36. The fraction of sp³-hybridized carbons (Fsp3) is 0.231. The largest absolute Gasteiger partial charge is 0.496 e. The molecule has 0 saturated carbocycles. The van der Waals surface area contributed by atoms with Gasteiger partial charge in [-0.2, -0.15) is 0 Å². The van der Waals surface area contributed by atoms with Gasteiger partial charge in [0.2, 0.25) is 0 Å². The number of ether oxygens (including phenoxy) is 1. The lowest BCUT2D eigenvalue weighted by Crippen LogP contribution is -1.94. The van der Waals surface area contributed by atoms with E-state index in [1.165, 1.54) is 10.9 Å². The standard InChI is InChI=1S/C13H15NO/c1-3-4-9-14-10-8-11-12(14)6-5-7-13(11)15-2/h3,5-8,10H,1,4,9H2,2H3. The highest BCUT2D eigenvalue weighted by atomic mass is 16.5. The molecule has 2 rings (SSSR count). The van der Waals surface area contributed by atoms with Crippen molar-refractivity contribution in [3.05, 3.63) is 43.1 Å². The van der Waals surface area contributed by atoms with E-state index in [0.717, 1.165) is 18.7 Å². The molecule has 1 aromatic heterocycles. The van der Waals surface area contributed by atoms with Crippen LogP contribution in [0.1, 0.15) is 6.42 Å². The molecule has 0 bridgehead atoms. The Hall–Kier alpha value is -1.70. The maximum Gasteiger partial charge on any atom is 0.128 e. The second-order valence-corrected chi connectivity index (χ2v) is 3.48. The number of allylic oxidation sites excluding steroid dienone is 1. The number of hydrogen-bond acceptors (Lipinski definition) is 1. The van der Waals surface area contributed by atoms with Crippen molar-refractivity contribution >= 4 is 10.9 Å². The Bertz CT molecular complexity index is 470. The predicted molar refractivity (Wildman–Crippen MR) is 63.3 cm³/mol. The summed E-state index contributed by atoms with van der Waals surface area (Å²) >= 11 is 0. The summed E-state index contributed by atoms with van der Waals surface area (Å²) in [5.41, 5.74) is 1.22. The molecule has 0 saturated heterocycles. The van der Waals surface area contributed by atoms with Crippen molar-refractivity contribution in [2.24, 2.45) is 0 Å². The van der Waals surface area contributed by atoms with Crippen molar-refractivity contribution in [1.82, 2.24) is 4.57 Å². The molecule has 0 aliphatic heterocycles. The van der Waals surface area contributed by atoms with Gasteiger partial charge in [0.25, 0.3) is 0 Å². The average molecular weight is 201 g/mol. The maximum atomic E-state index is 5.31. The molecule has 0 aliphatic carbocycles. The van der Waals surface area contributed by atoms with Crippen molar-refractivity contribution in [3.63, 3.8) is 0 Å². The van der Waals surface area contributed by atoms with E-state index >= 15 is 0 Å². The van der Waals surface area contributed by atoms with Crippen LogP contribution in [0.2, 0.25) is 0 Å². The predicted octanol–water partition coefficient (Wildman–Crippen LogP) is 3.23. The van der Waals surface area contributed by atoms with Gasteiger partial charge in [-0.1, -0.05) is 12.1 Å². The van der Waals surface area contributed by atoms with E-state index in [4.69, 9.17) is 4.74 Å². The van der Waals surface area contributed by atoms with E-state index < -0.39 is 0 Å². The first-order valence-corrected chi connectivity index (χ1v) is 5.09. The van der Waals surface area contributed by atoms with Crippen LogP contribution in [0, 0.1) is 0 Å². The summed E-state index contributed by atoms with van der Waals surface area (Å²) in [4.78, 5) is 0. The fourth-order valence-electron chi connectivity index (χ4n) is 1.80. The zero-order valence-electron chi connectivity index (χ0n) is 8.94. The zero-order valence-corrected chi connectivity index (χ0v) is 8.94. The third-order valence-electron chi connectivity index (χ3n) is 2.57. The first kappa shape index (κ1) is 9.84. The summed E-state index contributed by atoms with van der Waals surface area (Å²) in [6.07, 6.45) is 5.02. The lowest BCUT2D eigenvalue weighted by atomic mass is 10.2. The van der Waals surface area contributed by atoms with Crippen LogP contribution in [0.25, 0.3) is 10.9 Å². The van der Waals surface area contributed by atoms with Gasteiger partial charge in [-0.25, -0.2) is 0 Å². The van der Waals surface area contributed by atoms with Crippen molar-refractivity contribution in [2.75, 3.05) is 7.11 Å². The van der Waals surface area contributed by atoms with Crippen molar-refractivity contribution < 1.29 is 4.74 Å². The third kappa shape index (κ3) is 1.75. The third-order valence-corrected chi connectivity index (χ3v) is 2.57. The van der Waals surface area contributed by atoms with E-state index in [1.807, 2.05) is 18.2 Å². The van der Waals surface area contributed by atoms with Gasteiger partial charge in [0.1, 0.15) is 5.75 Å². The fourth-order valence-corrected chi connectivity index (χ4v) is 1.80. The number of hydrogen-bond donors (Lipinski definition) is 0. The molecular weight excluding hydrogens is 186 g/mol. The molecule has 0 aliphatic rings. The highest BCUT2D eigenvalue weighted by Crippen LogP contribution is 2.26. The number of methoxy groups -OCH3 is 1. The van der Waals surface area contributed by atoms with Gasteiger partial charge >= 0.3 is 0 Å². The van der Waals surface area contributed by atoms with Crippen molar-refractivity contribution in [3.8, 4) is 5.75 Å². The molecule has 0 amide bonds. The van der Waals surface area contributed by atoms with Crippen LogP contribution >= 0.6 is 0 Å². The van der Waals surface area contributed by atoms with Crippen LogP contribution in [0.4, 0.5) is 0 Å². The smallest absolute Gasteiger partial charge is 0.128 e. The van der Waals surface area contributed by atoms with Crippen LogP contribution in [0.5, 0.6) is 5.75 Å². The molecule has 0 spiro atoms. The molecule has 0 radical (unpaired) electrons. The summed E-state index contributed by atoms with van der Waals surface area (Å²) in [6, 6.07) is 8.21. The van der Waals surface area contributed by atoms with Gasteiger partial charge in [0.15, 0.2) is 0 Å². The van der Waals surface area contributed by atoms with Gasteiger partial charge in [-0.3, -0.25) is 0 Å². The quantitative estimate of drug-likeness (QED) is 0.693. The molecule has 0 unspecified atom stereocenters. The van der Waals surface area contributed by atoms with Gasteiger partial charge < -0.3 is 9.30 Å². The molecule has 78 valence electrons. The SMILES string of the molecule is C=CCCn1ccc2c(OC)cccc21. The molecule has 0 N–H and O–H groups in total. The lowest BCUT2D eigenvalue weighted by Gasteiger charge is -2.05. The molecule has 2 nitrogen and oxygen atoms in total. The molecular formula is C13H15NO. The van der Waals surface area contributed by atoms with E-state index in [0.29, 0.717) is 0 Å². The maximum absolute atomic E-state index is 5.31. The number of aromatic nitrogens is 1. The molecule has 15 heavy (non-hydrogen) atoms. The van der Waals surface area contributed by atoms with Crippen LogP contribution in [-0.4, -0.2) is 11.7 Å². The van der Waals surface area contributed by atoms with E-state index in [1.54, 1.807) is 7.11 Å². The summed E-state index contributed by atoms with van der Waals surface area (Å²) in [7, 11) is 1.70. The zero-order chi connectivity index (χ0) is 10.7. The van der Waals surface area contributed by atoms with Crippen molar-refractivity contribution in [1.29, 1.82) is 0 Å². The summed E-state index contributed by atoms with van der Waals surface area (Å²) < 4.78 is 7.53. The van der Waals surface area contributed by atoms with E-state index in [9.17, 15) is 0 Å². The second kappa shape index (κ2) is 4.22. The number of nitrogens with zero attached hydrogens (tertiary/aromatic N) is 1. The van der Waals surface area contributed by atoms with Gasteiger partial charge in [0.05, 0.1) is 12.6 Å². The Labute approximate surface area is 89.8 Å². The Kier molecular flexibility index (Phi) is 2.77. The van der Waals surface area contributed by atoms with Crippen LogP contribution in [0.3, 0.4) is 0 Å².